The molecule has 190 valence electrons. The van der Waals surface area contributed by atoms with Gasteiger partial charge in [0, 0.05) is 35.0 Å². The largest absolute Gasteiger partial charge is 0.488 e. The molecule has 2 heterocycles. The lowest BCUT2D eigenvalue weighted by Crippen LogP contribution is -2.05. The Morgan fingerprint density at radius 1 is 0.895 bits per heavy atom. The van der Waals surface area contributed by atoms with Crippen LogP contribution in [0.1, 0.15) is 38.4 Å². The van der Waals surface area contributed by atoms with Crippen LogP contribution >= 0.6 is 0 Å². The minimum Gasteiger partial charge on any atom is -0.488 e. The number of carbonyl (C=O) groups is 1. The van der Waals surface area contributed by atoms with Gasteiger partial charge in [0.1, 0.15) is 12.4 Å². The second-order valence-electron chi connectivity index (χ2n) is 8.96. The zero-order chi connectivity index (χ0) is 26.5. The summed E-state index contributed by atoms with van der Waals surface area (Å²) in [6.07, 6.45) is 0.641. The Morgan fingerprint density at radius 3 is 2.29 bits per heavy atom. The number of aromatic amines is 1. The maximum atomic E-state index is 11.8. The lowest BCUT2D eigenvalue weighted by Gasteiger charge is -2.15. The third kappa shape index (κ3) is 5.44. The van der Waals surface area contributed by atoms with E-state index in [9.17, 15) is 4.79 Å². The second-order valence-corrected chi connectivity index (χ2v) is 8.96. The van der Waals surface area contributed by atoms with Crippen LogP contribution in [-0.2, 0) is 17.8 Å². The normalized spacial score (nSPS) is 10.8. The molecule has 0 saturated heterocycles. The van der Waals surface area contributed by atoms with E-state index in [-0.39, 0.29) is 5.97 Å². The van der Waals surface area contributed by atoms with Gasteiger partial charge >= 0.3 is 5.97 Å². The zero-order valence-electron chi connectivity index (χ0n) is 21.4. The average molecular weight is 506 g/mol. The highest BCUT2D eigenvalue weighted by atomic mass is 16.5. The summed E-state index contributed by atoms with van der Waals surface area (Å²) in [4.78, 5) is 16.4. The van der Waals surface area contributed by atoms with E-state index in [2.05, 4.69) is 49.9 Å². The molecule has 1 N–H and O–H groups in total. The number of ether oxygens (including phenoxy) is 2. The van der Waals surface area contributed by atoms with Gasteiger partial charge in [0.15, 0.2) is 0 Å². The molecule has 5 rings (SSSR count). The number of pyridine rings is 1. The van der Waals surface area contributed by atoms with Crippen molar-refractivity contribution in [1.82, 2.24) is 25.6 Å². The van der Waals surface area contributed by atoms with Gasteiger partial charge in [-0.2, -0.15) is 5.21 Å². The fourth-order valence-corrected chi connectivity index (χ4v) is 4.39. The minimum atomic E-state index is -0.349. The predicted octanol–water partition coefficient (Wildman–Crippen LogP) is 5.50. The molecule has 3 aromatic carbocycles. The summed E-state index contributed by atoms with van der Waals surface area (Å²) in [7, 11) is 1.38. The van der Waals surface area contributed by atoms with E-state index < -0.39 is 0 Å². The second kappa shape index (κ2) is 11.0. The summed E-state index contributed by atoms with van der Waals surface area (Å²) >= 11 is 0. The van der Waals surface area contributed by atoms with Gasteiger partial charge in [0.05, 0.1) is 12.7 Å². The maximum Gasteiger partial charge on any atom is 0.337 e. The number of H-pyrrole nitrogens is 1. The quantitative estimate of drug-likeness (QED) is 0.278. The third-order valence-corrected chi connectivity index (χ3v) is 6.35. The van der Waals surface area contributed by atoms with Crippen molar-refractivity contribution in [1.29, 1.82) is 0 Å². The summed E-state index contributed by atoms with van der Waals surface area (Å²) in [6, 6.07) is 25.6. The van der Waals surface area contributed by atoms with Crippen LogP contribution in [0, 0.1) is 13.8 Å². The first-order chi connectivity index (χ1) is 18.5. The topological polar surface area (TPSA) is 103 Å². The molecule has 38 heavy (non-hydrogen) atoms. The summed E-state index contributed by atoms with van der Waals surface area (Å²) in [5.41, 5.74) is 8.47. The van der Waals surface area contributed by atoms with Crippen molar-refractivity contribution in [3.63, 3.8) is 0 Å². The fourth-order valence-electron chi connectivity index (χ4n) is 4.39. The van der Waals surface area contributed by atoms with Gasteiger partial charge in [-0.25, -0.2) is 4.79 Å². The first kappa shape index (κ1) is 24.8. The van der Waals surface area contributed by atoms with E-state index in [0.29, 0.717) is 24.4 Å². The first-order valence-corrected chi connectivity index (χ1v) is 12.2. The molecule has 8 heteroatoms. The standard InChI is InChI=1S/C30H27N5O3/c1-19-16-28(27(20(2)31-19)17-21-8-14-24(15-9-21)30(36)37-3)38-18-22-10-12-23(13-11-22)25-6-4-5-7-26(25)29-32-34-35-33-29/h4-16H,17-18H2,1-3H3,(H,32,33,34,35). The van der Waals surface area contributed by atoms with Gasteiger partial charge in [-0.05, 0) is 53.4 Å². The molecule has 0 saturated carbocycles. The summed E-state index contributed by atoms with van der Waals surface area (Å²) in [5, 5.41) is 14.5. The molecular formula is C30H27N5O3. The van der Waals surface area contributed by atoms with Gasteiger partial charge in [0.25, 0.3) is 0 Å². The van der Waals surface area contributed by atoms with E-state index in [4.69, 9.17) is 9.47 Å². The number of hydrogen-bond donors (Lipinski definition) is 1. The first-order valence-electron chi connectivity index (χ1n) is 12.2. The highest BCUT2D eigenvalue weighted by molar-refractivity contribution is 5.89. The molecular weight excluding hydrogens is 478 g/mol. The van der Waals surface area contributed by atoms with Crippen LogP contribution in [0.5, 0.6) is 5.75 Å². The Labute approximate surface area is 220 Å². The van der Waals surface area contributed by atoms with Crippen molar-refractivity contribution in [2.24, 2.45) is 0 Å². The SMILES string of the molecule is COC(=O)c1ccc(Cc2c(OCc3ccc(-c4ccccc4-c4nn[nH]n4)cc3)cc(C)nc2C)cc1. The highest BCUT2D eigenvalue weighted by Gasteiger charge is 2.14. The van der Waals surface area contributed by atoms with Crippen LogP contribution in [0.4, 0.5) is 0 Å². The number of benzene rings is 3. The molecule has 0 bridgehead atoms. The molecule has 0 amide bonds. The number of esters is 1. The Morgan fingerprint density at radius 2 is 1.61 bits per heavy atom. The van der Waals surface area contributed by atoms with Crippen LogP contribution in [0.15, 0.2) is 78.9 Å². The lowest BCUT2D eigenvalue weighted by molar-refractivity contribution is 0.0600. The molecule has 0 unspecified atom stereocenters. The van der Waals surface area contributed by atoms with Crippen molar-refractivity contribution < 1.29 is 14.3 Å². The molecule has 0 fully saturated rings. The van der Waals surface area contributed by atoms with Gasteiger partial charge in [-0.3, -0.25) is 4.98 Å². The molecule has 8 nitrogen and oxygen atoms in total. The molecule has 0 atom stereocenters. The third-order valence-electron chi connectivity index (χ3n) is 6.35. The monoisotopic (exact) mass is 505 g/mol. The molecule has 0 aliphatic heterocycles. The smallest absolute Gasteiger partial charge is 0.337 e. The van der Waals surface area contributed by atoms with Gasteiger partial charge in [0.2, 0.25) is 5.82 Å². The number of carbonyl (C=O) groups excluding carboxylic acids is 1. The predicted molar refractivity (Wildman–Crippen MR) is 144 cm³/mol. The number of nitrogens with one attached hydrogen (secondary N) is 1. The number of tetrazole rings is 1. The summed E-state index contributed by atoms with van der Waals surface area (Å²) in [6.45, 7) is 4.38. The summed E-state index contributed by atoms with van der Waals surface area (Å²) < 4.78 is 11.1. The Hall–Kier alpha value is -4.85. The van der Waals surface area contributed by atoms with Crippen LogP contribution in [0.2, 0.25) is 0 Å². The maximum absolute atomic E-state index is 11.8. The molecule has 2 aromatic heterocycles. The number of rotatable bonds is 8. The van der Waals surface area contributed by atoms with E-state index in [1.165, 1.54) is 7.11 Å². The molecule has 0 aliphatic carbocycles. The van der Waals surface area contributed by atoms with Crippen molar-refractivity contribution in [2.75, 3.05) is 7.11 Å². The van der Waals surface area contributed by atoms with Crippen molar-refractivity contribution in [3.05, 3.63) is 113 Å². The number of aryl methyl sites for hydroxylation is 2. The van der Waals surface area contributed by atoms with E-state index in [1.807, 2.05) is 56.3 Å². The Balaban J connectivity index is 1.33. The van der Waals surface area contributed by atoms with Crippen molar-refractivity contribution in [3.8, 4) is 28.3 Å². The van der Waals surface area contributed by atoms with Gasteiger partial charge in [-0.1, -0.05) is 60.7 Å². The Bertz CT molecular complexity index is 1550. The lowest BCUT2D eigenvalue weighted by atomic mass is 9.98. The van der Waals surface area contributed by atoms with Crippen LogP contribution in [-0.4, -0.2) is 38.7 Å². The molecule has 5 aromatic rings. The van der Waals surface area contributed by atoms with Crippen LogP contribution in [0.3, 0.4) is 0 Å². The number of hydrogen-bond acceptors (Lipinski definition) is 7. The number of methoxy groups -OCH3 is 1. The average Bonchev–Trinajstić information content (AvgIpc) is 3.49. The number of aromatic nitrogens is 5. The van der Waals surface area contributed by atoms with Gasteiger partial charge in [-0.15, -0.1) is 10.2 Å². The fraction of sp³-hybridized carbons (Fsp3) is 0.167. The van der Waals surface area contributed by atoms with E-state index in [1.54, 1.807) is 12.1 Å². The van der Waals surface area contributed by atoms with Gasteiger partial charge < -0.3 is 9.47 Å². The Kier molecular flexibility index (Phi) is 7.21. The van der Waals surface area contributed by atoms with Crippen molar-refractivity contribution in [2.45, 2.75) is 26.9 Å². The van der Waals surface area contributed by atoms with Crippen LogP contribution < -0.4 is 4.74 Å². The zero-order valence-corrected chi connectivity index (χ0v) is 21.4. The van der Waals surface area contributed by atoms with E-state index in [0.717, 1.165) is 50.5 Å². The molecule has 0 spiro atoms. The summed E-state index contributed by atoms with van der Waals surface area (Å²) in [5.74, 6) is 1.01. The molecule has 0 aliphatic rings. The number of nitrogens with zero attached hydrogens (tertiary/aromatic N) is 4. The van der Waals surface area contributed by atoms with E-state index >= 15 is 0 Å². The molecule has 0 radical (unpaired) electrons. The van der Waals surface area contributed by atoms with Crippen molar-refractivity contribution >= 4 is 5.97 Å². The van der Waals surface area contributed by atoms with Crippen LogP contribution in [0.25, 0.3) is 22.5 Å². The minimum absolute atomic E-state index is 0.349. The highest BCUT2D eigenvalue weighted by Crippen LogP contribution is 2.30.